The first-order chi connectivity index (χ1) is 13.8. The maximum atomic E-state index is 10.3. The summed E-state index contributed by atoms with van der Waals surface area (Å²) in [6, 6.07) is 16.2. The quantitative estimate of drug-likeness (QED) is 0.708. The normalized spacial score (nSPS) is 17.7. The van der Waals surface area contributed by atoms with E-state index in [0.717, 1.165) is 49.8 Å². The van der Waals surface area contributed by atoms with Crippen molar-refractivity contribution in [2.45, 2.75) is 19.3 Å². The Hall–Kier alpha value is -1.83. The Morgan fingerprint density at radius 3 is 2.41 bits per heavy atom. The van der Waals surface area contributed by atoms with E-state index in [1.165, 1.54) is 5.56 Å². The summed E-state index contributed by atoms with van der Waals surface area (Å²) in [4.78, 5) is 4.75. The fourth-order valence-electron chi connectivity index (χ4n) is 3.67. The highest BCUT2D eigenvalue weighted by Crippen LogP contribution is 2.32. The van der Waals surface area contributed by atoms with Gasteiger partial charge in [0.05, 0.1) is 19.3 Å². The van der Waals surface area contributed by atoms with Gasteiger partial charge in [-0.2, -0.15) is 0 Å². The summed E-state index contributed by atoms with van der Waals surface area (Å²) in [5.74, 6) is 1.67. The predicted molar refractivity (Wildman–Crippen MR) is 114 cm³/mol. The van der Waals surface area contributed by atoms with Crippen LogP contribution in [0.2, 0.25) is 0 Å². The monoisotopic (exact) mass is 420 g/mol. The van der Waals surface area contributed by atoms with E-state index < -0.39 is 6.10 Å². The molecule has 0 radical (unpaired) electrons. The molecule has 29 heavy (non-hydrogen) atoms. The van der Waals surface area contributed by atoms with Gasteiger partial charge < -0.3 is 19.3 Å². The highest BCUT2D eigenvalue weighted by molar-refractivity contribution is 5.85. The second-order valence-electron chi connectivity index (χ2n) is 7.42. The molecular formula is C22H29ClN2O4. The zero-order valence-corrected chi connectivity index (χ0v) is 17.4. The Morgan fingerprint density at radius 1 is 0.897 bits per heavy atom. The Morgan fingerprint density at radius 2 is 1.62 bits per heavy atom. The summed E-state index contributed by atoms with van der Waals surface area (Å²) >= 11 is 0. The van der Waals surface area contributed by atoms with Crippen molar-refractivity contribution in [2.75, 3.05) is 46.1 Å². The minimum atomic E-state index is -0.455. The molecule has 1 unspecified atom stereocenters. The summed E-state index contributed by atoms with van der Waals surface area (Å²) in [6.45, 7) is 6.70. The smallest absolute Gasteiger partial charge is 0.231 e. The highest BCUT2D eigenvalue weighted by Gasteiger charge is 2.20. The minimum absolute atomic E-state index is 0. The average Bonchev–Trinajstić information content (AvgIpc) is 3.18. The van der Waals surface area contributed by atoms with Gasteiger partial charge in [-0.3, -0.25) is 9.80 Å². The van der Waals surface area contributed by atoms with E-state index in [1.54, 1.807) is 0 Å². The summed E-state index contributed by atoms with van der Waals surface area (Å²) in [5, 5.41) is 10.3. The number of rotatable bonds is 8. The van der Waals surface area contributed by atoms with Gasteiger partial charge in [-0.15, -0.1) is 12.4 Å². The van der Waals surface area contributed by atoms with Crippen LogP contribution >= 0.6 is 12.4 Å². The van der Waals surface area contributed by atoms with E-state index in [1.807, 2.05) is 36.4 Å². The second-order valence-corrected chi connectivity index (χ2v) is 7.42. The van der Waals surface area contributed by atoms with Crippen molar-refractivity contribution >= 4 is 12.4 Å². The van der Waals surface area contributed by atoms with E-state index in [9.17, 15) is 5.11 Å². The third-order valence-corrected chi connectivity index (χ3v) is 5.20. The number of piperazine rings is 1. The van der Waals surface area contributed by atoms with Gasteiger partial charge >= 0.3 is 0 Å². The van der Waals surface area contributed by atoms with Crippen LogP contribution in [0.4, 0.5) is 0 Å². The van der Waals surface area contributed by atoms with E-state index in [-0.39, 0.29) is 12.4 Å². The molecule has 0 spiro atoms. The average molecular weight is 421 g/mol. The molecule has 2 heterocycles. The Labute approximate surface area is 178 Å². The minimum Gasteiger partial charge on any atom is -0.454 e. The number of ether oxygens (including phenoxy) is 3. The standard InChI is InChI=1S/C22H28N2O4.ClH/c25-20(16-26-15-18-4-2-1-3-5-18)14-24-10-8-23(9-11-24)13-19-6-7-21-22(12-19)28-17-27-21;/h1-7,12,20,25H,8-11,13-17H2;1H. The molecule has 2 aliphatic rings. The number of halogens is 1. The number of nitrogens with zero attached hydrogens (tertiary/aromatic N) is 2. The first-order valence-electron chi connectivity index (χ1n) is 9.89. The molecule has 1 atom stereocenters. The van der Waals surface area contributed by atoms with Crippen molar-refractivity contribution in [3.8, 4) is 11.5 Å². The molecule has 1 fully saturated rings. The second kappa shape index (κ2) is 10.8. The first kappa shape index (κ1) is 21.9. The number of benzene rings is 2. The molecule has 2 aromatic carbocycles. The molecule has 0 saturated carbocycles. The summed E-state index contributed by atoms with van der Waals surface area (Å²) < 4.78 is 16.5. The van der Waals surface area contributed by atoms with Gasteiger partial charge in [-0.25, -0.2) is 0 Å². The van der Waals surface area contributed by atoms with Crippen molar-refractivity contribution in [3.63, 3.8) is 0 Å². The van der Waals surface area contributed by atoms with Gasteiger partial charge in [0.2, 0.25) is 6.79 Å². The molecule has 2 aromatic rings. The predicted octanol–water partition coefficient (Wildman–Crippen LogP) is 2.53. The molecule has 1 N–H and O–H groups in total. The number of aliphatic hydroxyl groups is 1. The van der Waals surface area contributed by atoms with Crippen LogP contribution < -0.4 is 9.47 Å². The Kier molecular flexibility index (Phi) is 8.15. The summed E-state index contributed by atoms with van der Waals surface area (Å²) in [6.07, 6.45) is -0.455. The van der Waals surface area contributed by atoms with Crippen LogP contribution in [0, 0.1) is 0 Å². The van der Waals surface area contributed by atoms with Gasteiger partial charge in [-0.05, 0) is 23.3 Å². The van der Waals surface area contributed by atoms with Crippen LogP contribution in [-0.4, -0.2) is 67.1 Å². The molecule has 6 nitrogen and oxygen atoms in total. The number of β-amino-alcohol motifs (C(OH)–C–C–N with tert-alkyl or cyclic N) is 1. The number of fused-ring (bicyclic) bond motifs is 1. The molecule has 7 heteroatoms. The Bertz CT molecular complexity index is 754. The van der Waals surface area contributed by atoms with Crippen LogP contribution in [0.25, 0.3) is 0 Å². The van der Waals surface area contributed by atoms with E-state index >= 15 is 0 Å². The number of hydrogen-bond acceptors (Lipinski definition) is 6. The van der Waals surface area contributed by atoms with Crippen molar-refractivity contribution < 1.29 is 19.3 Å². The SMILES string of the molecule is Cl.OC(COCc1ccccc1)CN1CCN(Cc2ccc3c(c2)OCO3)CC1. The van der Waals surface area contributed by atoms with Gasteiger partial charge in [-0.1, -0.05) is 36.4 Å². The van der Waals surface area contributed by atoms with Crippen LogP contribution in [-0.2, 0) is 17.9 Å². The van der Waals surface area contributed by atoms with Gasteiger partial charge in [0, 0.05) is 39.3 Å². The van der Waals surface area contributed by atoms with Gasteiger partial charge in [0.1, 0.15) is 0 Å². The van der Waals surface area contributed by atoms with E-state index in [4.69, 9.17) is 14.2 Å². The fraction of sp³-hybridized carbons (Fsp3) is 0.455. The lowest BCUT2D eigenvalue weighted by Crippen LogP contribution is -2.48. The highest BCUT2D eigenvalue weighted by atomic mass is 35.5. The molecular weight excluding hydrogens is 392 g/mol. The topological polar surface area (TPSA) is 54.4 Å². The van der Waals surface area contributed by atoms with Crippen molar-refractivity contribution in [3.05, 3.63) is 59.7 Å². The first-order valence-corrected chi connectivity index (χ1v) is 9.89. The molecule has 0 aliphatic carbocycles. The van der Waals surface area contributed by atoms with Crippen LogP contribution in [0.3, 0.4) is 0 Å². The van der Waals surface area contributed by atoms with Crippen LogP contribution in [0.5, 0.6) is 11.5 Å². The summed E-state index contributed by atoms with van der Waals surface area (Å²) in [5.41, 5.74) is 2.37. The van der Waals surface area contributed by atoms with Gasteiger partial charge in [0.25, 0.3) is 0 Å². The van der Waals surface area contributed by atoms with E-state index in [0.29, 0.717) is 26.6 Å². The van der Waals surface area contributed by atoms with Crippen LogP contribution in [0.15, 0.2) is 48.5 Å². The lowest BCUT2D eigenvalue weighted by atomic mass is 10.1. The van der Waals surface area contributed by atoms with E-state index in [2.05, 4.69) is 21.9 Å². The fourth-order valence-corrected chi connectivity index (χ4v) is 3.67. The zero-order valence-electron chi connectivity index (χ0n) is 16.5. The molecule has 0 amide bonds. The number of aliphatic hydroxyl groups excluding tert-OH is 1. The van der Waals surface area contributed by atoms with Crippen molar-refractivity contribution in [1.29, 1.82) is 0 Å². The molecule has 2 aliphatic heterocycles. The Balaban J connectivity index is 0.00000240. The van der Waals surface area contributed by atoms with Crippen molar-refractivity contribution in [1.82, 2.24) is 9.80 Å². The maximum Gasteiger partial charge on any atom is 0.231 e. The molecule has 1 saturated heterocycles. The lowest BCUT2D eigenvalue weighted by molar-refractivity contribution is 0.000875. The molecule has 158 valence electrons. The lowest BCUT2D eigenvalue weighted by Gasteiger charge is -2.35. The molecule has 4 rings (SSSR count). The third-order valence-electron chi connectivity index (χ3n) is 5.20. The van der Waals surface area contributed by atoms with Crippen LogP contribution in [0.1, 0.15) is 11.1 Å². The molecule has 0 bridgehead atoms. The maximum absolute atomic E-state index is 10.3. The molecule has 0 aromatic heterocycles. The third kappa shape index (κ3) is 6.32. The number of hydrogen-bond donors (Lipinski definition) is 1. The summed E-state index contributed by atoms with van der Waals surface area (Å²) in [7, 11) is 0. The zero-order chi connectivity index (χ0) is 19.2. The van der Waals surface area contributed by atoms with Crippen molar-refractivity contribution in [2.24, 2.45) is 0 Å². The van der Waals surface area contributed by atoms with Gasteiger partial charge in [0.15, 0.2) is 11.5 Å². The largest absolute Gasteiger partial charge is 0.454 e.